The van der Waals surface area contributed by atoms with E-state index in [-0.39, 0.29) is 11.4 Å². The second kappa shape index (κ2) is 6.49. The molecule has 0 aliphatic carbocycles. The number of carboxylic acid groups (broad SMARTS) is 1. The van der Waals surface area contributed by atoms with E-state index in [0.29, 0.717) is 6.42 Å². The van der Waals surface area contributed by atoms with Crippen LogP contribution in [-0.4, -0.2) is 36.4 Å². The van der Waals surface area contributed by atoms with Gasteiger partial charge in [0, 0.05) is 11.0 Å². The molecule has 1 unspecified atom stereocenters. The molecule has 0 aliphatic rings. The van der Waals surface area contributed by atoms with Gasteiger partial charge in [-0.15, -0.1) is 0 Å². The molecule has 5 nitrogen and oxygen atoms in total. The van der Waals surface area contributed by atoms with Gasteiger partial charge in [-0.05, 0) is 37.6 Å². The Kier molecular flexibility index (Phi) is 5.51. The van der Waals surface area contributed by atoms with Gasteiger partial charge in [0.1, 0.15) is 6.04 Å². The monoisotopic (exact) mass is 349 g/mol. The largest absolute Gasteiger partial charge is 0.480 e. The first-order chi connectivity index (χ1) is 8.80. The van der Waals surface area contributed by atoms with E-state index < -0.39 is 22.0 Å². The highest BCUT2D eigenvalue weighted by Crippen LogP contribution is 2.21. The van der Waals surface area contributed by atoms with Crippen LogP contribution in [0.15, 0.2) is 33.6 Å². The molecule has 1 aromatic carbocycles. The van der Waals surface area contributed by atoms with Gasteiger partial charge >= 0.3 is 5.97 Å². The van der Waals surface area contributed by atoms with Crippen LogP contribution in [-0.2, 0) is 14.8 Å². The number of hydrogen-bond donors (Lipinski definition) is 1. The van der Waals surface area contributed by atoms with Gasteiger partial charge in [-0.2, -0.15) is 4.31 Å². The quantitative estimate of drug-likeness (QED) is 0.855. The van der Waals surface area contributed by atoms with Crippen LogP contribution < -0.4 is 0 Å². The minimum absolute atomic E-state index is 0.0947. The van der Waals surface area contributed by atoms with Crippen LogP contribution in [0.3, 0.4) is 0 Å². The van der Waals surface area contributed by atoms with Crippen molar-refractivity contribution in [3.8, 4) is 0 Å². The number of carboxylic acids is 1. The number of benzene rings is 1. The smallest absolute Gasteiger partial charge is 0.321 e. The van der Waals surface area contributed by atoms with Crippen molar-refractivity contribution in [3.05, 3.63) is 28.7 Å². The number of hydrogen-bond acceptors (Lipinski definition) is 3. The second-order valence-electron chi connectivity index (χ2n) is 4.08. The van der Waals surface area contributed by atoms with Gasteiger partial charge in [-0.25, -0.2) is 8.42 Å². The highest BCUT2D eigenvalue weighted by Gasteiger charge is 2.32. The lowest BCUT2D eigenvalue weighted by Gasteiger charge is -2.25. The summed E-state index contributed by atoms with van der Waals surface area (Å²) in [4.78, 5) is 11.1. The van der Waals surface area contributed by atoms with Crippen molar-refractivity contribution in [2.75, 3.05) is 6.54 Å². The lowest BCUT2D eigenvalue weighted by Crippen LogP contribution is -2.43. The summed E-state index contributed by atoms with van der Waals surface area (Å²) in [6.07, 6.45) is 0.549. The van der Waals surface area contributed by atoms with E-state index in [1.165, 1.54) is 19.1 Å². The Bertz CT molecular complexity index is 541. The summed E-state index contributed by atoms with van der Waals surface area (Å²) in [5.41, 5.74) is 0. The molecule has 0 aromatic heterocycles. The van der Waals surface area contributed by atoms with E-state index in [0.717, 1.165) is 8.78 Å². The van der Waals surface area contributed by atoms with Crippen molar-refractivity contribution < 1.29 is 18.3 Å². The second-order valence-corrected chi connectivity index (χ2v) is 6.89. The van der Waals surface area contributed by atoms with Crippen molar-refractivity contribution in [2.24, 2.45) is 0 Å². The molecule has 0 heterocycles. The third-order valence-corrected chi connectivity index (χ3v) is 5.17. The Morgan fingerprint density at radius 3 is 2.32 bits per heavy atom. The van der Waals surface area contributed by atoms with Crippen molar-refractivity contribution >= 4 is 31.9 Å². The maximum atomic E-state index is 12.4. The number of nitrogens with zero attached hydrogens (tertiary/aromatic N) is 1. The highest BCUT2D eigenvalue weighted by molar-refractivity contribution is 9.10. The molecule has 0 amide bonds. The molecule has 1 rings (SSSR count). The SMILES string of the molecule is CCCN(C(C)C(=O)O)S(=O)(=O)c1ccc(Br)cc1. The summed E-state index contributed by atoms with van der Waals surface area (Å²) < 4.78 is 26.6. The molecule has 106 valence electrons. The first-order valence-electron chi connectivity index (χ1n) is 5.81. The summed E-state index contributed by atoms with van der Waals surface area (Å²) in [6.45, 7) is 3.35. The van der Waals surface area contributed by atoms with Crippen molar-refractivity contribution in [1.82, 2.24) is 4.31 Å². The van der Waals surface area contributed by atoms with Crippen LogP contribution in [0.4, 0.5) is 0 Å². The van der Waals surface area contributed by atoms with Gasteiger partial charge in [0.05, 0.1) is 4.90 Å². The maximum absolute atomic E-state index is 12.4. The molecule has 19 heavy (non-hydrogen) atoms. The molecular weight excluding hydrogens is 334 g/mol. The number of carbonyl (C=O) groups is 1. The molecule has 0 aliphatic heterocycles. The minimum atomic E-state index is -3.79. The Hall–Kier alpha value is -0.920. The normalized spacial score (nSPS) is 13.5. The lowest BCUT2D eigenvalue weighted by atomic mass is 10.3. The summed E-state index contributed by atoms with van der Waals surface area (Å²) in [7, 11) is -3.79. The molecule has 1 N–H and O–H groups in total. The van der Waals surface area contributed by atoms with E-state index in [9.17, 15) is 13.2 Å². The fraction of sp³-hybridized carbons (Fsp3) is 0.417. The first kappa shape index (κ1) is 16.1. The average molecular weight is 350 g/mol. The highest BCUT2D eigenvalue weighted by atomic mass is 79.9. The molecular formula is C12H16BrNO4S. The van der Waals surface area contributed by atoms with Crippen LogP contribution in [0.1, 0.15) is 20.3 Å². The van der Waals surface area contributed by atoms with E-state index in [1.54, 1.807) is 19.1 Å². The predicted octanol–water partition coefficient (Wildman–Crippen LogP) is 2.32. The molecule has 0 spiro atoms. The molecule has 0 bridgehead atoms. The Morgan fingerprint density at radius 1 is 1.37 bits per heavy atom. The van der Waals surface area contributed by atoms with Crippen LogP contribution in [0.2, 0.25) is 0 Å². The third-order valence-electron chi connectivity index (χ3n) is 2.65. The zero-order valence-corrected chi connectivity index (χ0v) is 13.1. The molecule has 0 radical (unpaired) electrons. The minimum Gasteiger partial charge on any atom is -0.480 e. The first-order valence-corrected chi connectivity index (χ1v) is 8.04. The van der Waals surface area contributed by atoms with Crippen molar-refractivity contribution in [3.63, 3.8) is 0 Å². The number of halogens is 1. The summed E-state index contributed by atoms with van der Waals surface area (Å²) in [5, 5.41) is 9.02. The molecule has 1 atom stereocenters. The molecule has 1 aromatic rings. The molecule has 7 heteroatoms. The Balaban J connectivity index is 3.19. The fourth-order valence-corrected chi connectivity index (χ4v) is 3.55. The van der Waals surface area contributed by atoms with Gasteiger partial charge in [-0.1, -0.05) is 22.9 Å². The van der Waals surface area contributed by atoms with Crippen molar-refractivity contribution in [2.45, 2.75) is 31.2 Å². The number of rotatable bonds is 6. The van der Waals surface area contributed by atoms with Crippen LogP contribution >= 0.6 is 15.9 Å². The van der Waals surface area contributed by atoms with E-state index in [4.69, 9.17) is 5.11 Å². The Labute approximate surface area is 121 Å². The lowest BCUT2D eigenvalue weighted by molar-refractivity contribution is -0.140. The topological polar surface area (TPSA) is 74.7 Å². The summed E-state index contributed by atoms with van der Waals surface area (Å²) >= 11 is 3.23. The third kappa shape index (κ3) is 3.77. The molecule has 0 saturated heterocycles. The molecule has 0 saturated carbocycles. The Morgan fingerprint density at radius 2 is 1.89 bits per heavy atom. The summed E-state index contributed by atoms with van der Waals surface area (Å²) in [6, 6.07) is 5.05. The van der Waals surface area contributed by atoms with Crippen LogP contribution in [0.5, 0.6) is 0 Å². The van der Waals surface area contributed by atoms with Gasteiger partial charge in [0.15, 0.2) is 0 Å². The van der Waals surface area contributed by atoms with E-state index >= 15 is 0 Å². The van der Waals surface area contributed by atoms with Crippen molar-refractivity contribution in [1.29, 1.82) is 0 Å². The van der Waals surface area contributed by atoms with E-state index in [1.807, 2.05) is 0 Å². The van der Waals surface area contributed by atoms with Gasteiger partial charge in [-0.3, -0.25) is 4.79 Å². The number of sulfonamides is 1. The van der Waals surface area contributed by atoms with Crippen LogP contribution in [0.25, 0.3) is 0 Å². The fourth-order valence-electron chi connectivity index (χ4n) is 1.61. The standard InChI is InChI=1S/C12H16BrNO4S/c1-3-8-14(9(2)12(15)16)19(17,18)11-6-4-10(13)5-7-11/h4-7,9H,3,8H2,1-2H3,(H,15,16). The zero-order valence-electron chi connectivity index (χ0n) is 10.7. The van der Waals surface area contributed by atoms with Gasteiger partial charge in [0.25, 0.3) is 0 Å². The van der Waals surface area contributed by atoms with Crippen LogP contribution in [0, 0.1) is 0 Å². The van der Waals surface area contributed by atoms with E-state index in [2.05, 4.69) is 15.9 Å². The maximum Gasteiger partial charge on any atom is 0.321 e. The van der Waals surface area contributed by atoms with Gasteiger partial charge in [0.2, 0.25) is 10.0 Å². The number of aliphatic carboxylic acids is 1. The zero-order chi connectivity index (χ0) is 14.6. The average Bonchev–Trinajstić information content (AvgIpc) is 2.35. The van der Waals surface area contributed by atoms with Gasteiger partial charge < -0.3 is 5.11 Å². The molecule has 0 fully saturated rings. The predicted molar refractivity (Wildman–Crippen MR) is 75.4 cm³/mol. The summed E-state index contributed by atoms with van der Waals surface area (Å²) in [5.74, 6) is -1.16.